The summed E-state index contributed by atoms with van der Waals surface area (Å²) in [5, 5.41) is 0. The number of rotatable bonds is 1. The van der Waals surface area contributed by atoms with Crippen molar-refractivity contribution in [3.05, 3.63) is 60.2 Å². The molecule has 14 heavy (non-hydrogen) atoms. The maximum absolute atomic E-state index is 5.74. The molecule has 0 atom stereocenters. The number of hydrogen-bond donors (Lipinski definition) is 1. The lowest BCUT2D eigenvalue weighted by Crippen LogP contribution is -1.87. The van der Waals surface area contributed by atoms with Crippen molar-refractivity contribution in [2.75, 3.05) is 5.73 Å². The first kappa shape index (κ1) is 8.82. The van der Waals surface area contributed by atoms with Gasteiger partial charge in [-0.25, -0.2) is 0 Å². The summed E-state index contributed by atoms with van der Waals surface area (Å²) in [5.74, 6) is 0. The summed E-state index contributed by atoms with van der Waals surface area (Å²) in [4.78, 5) is 0. The number of allylic oxidation sites excluding steroid dienone is 6. The van der Waals surface area contributed by atoms with Crippen LogP contribution in [-0.4, -0.2) is 0 Å². The van der Waals surface area contributed by atoms with E-state index in [0.717, 1.165) is 12.1 Å². The van der Waals surface area contributed by atoms with Gasteiger partial charge in [0, 0.05) is 5.69 Å². The van der Waals surface area contributed by atoms with Crippen molar-refractivity contribution in [3.8, 4) is 0 Å². The fourth-order valence-electron chi connectivity index (χ4n) is 1.53. The van der Waals surface area contributed by atoms with E-state index < -0.39 is 0 Å². The van der Waals surface area contributed by atoms with Crippen molar-refractivity contribution in [1.29, 1.82) is 0 Å². The molecule has 2 N–H and O–H groups in total. The number of benzene rings is 1. The van der Waals surface area contributed by atoms with Crippen LogP contribution in [0.25, 0.3) is 5.57 Å². The Morgan fingerprint density at radius 2 is 2.00 bits per heavy atom. The first-order valence-corrected chi connectivity index (χ1v) is 4.74. The maximum Gasteiger partial charge on any atom is 0.0320 e. The average molecular weight is 183 g/mol. The monoisotopic (exact) mass is 183 g/mol. The average Bonchev–Trinajstić information content (AvgIpc) is 2.45. The summed E-state index contributed by atoms with van der Waals surface area (Å²) in [6, 6.07) is 8.00. The van der Waals surface area contributed by atoms with Gasteiger partial charge >= 0.3 is 0 Å². The molecule has 2 rings (SSSR count). The van der Waals surface area contributed by atoms with Gasteiger partial charge in [0.1, 0.15) is 0 Å². The van der Waals surface area contributed by atoms with Gasteiger partial charge in [-0.15, -0.1) is 0 Å². The molecule has 0 spiro atoms. The van der Waals surface area contributed by atoms with Crippen LogP contribution in [0.4, 0.5) is 5.69 Å². The molecule has 0 radical (unpaired) electrons. The van der Waals surface area contributed by atoms with Gasteiger partial charge in [-0.1, -0.05) is 42.5 Å². The summed E-state index contributed by atoms with van der Waals surface area (Å²) in [5.41, 5.74) is 9.08. The van der Waals surface area contributed by atoms with Crippen LogP contribution in [0.1, 0.15) is 12.0 Å². The van der Waals surface area contributed by atoms with Gasteiger partial charge in [0.25, 0.3) is 0 Å². The molecule has 1 aromatic rings. The molecule has 1 heteroatoms. The molecule has 0 aliphatic heterocycles. The van der Waals surface area contributed by atoms with E-state index in [1.54, 1.807) is 0 Å². The van der Waals surface area contributed by atoms with Crippen LogP contribution in [0, 0.1) is 0 Å². The molecule has 1 nitrogen and oxygen atoms in total. The Morgan fingerprint density at radius 1 is 1.07 bits per heavy atom. The number of hydrogen-bond acceptors (Lipinski definition) is 1. The van der Waals surface area contributed by atoms with Gasteiger partial charge in [0.2, 0.25) is 0 Å². The Labute approximate surface area is 84.3 Å². The SMILES string of the molecule is Nc1cccc(C2=CC=CC=CC2)c1. The summed E-state index contributed by atoms with van der Waals surface area (Å²) in [7, 11) is 0. The van der Waals surface area contributed by atoms with Crippen LogP contribution in [0.2, 0.25) is 0 Å². The van der Waals surface area contributed by atoms with Gasteiger partial charge in [-0.3, -0.25) is 0 Å². The smallest absolute Gasteiger partial charge is 0.0320 e. The van der Waals surface area contributed by atoms with E-state index in [1.807, 2.05) is 24.3 Å². The molecular weight excluding hydrogens is 170 g/mol. The summed E-state index contributed by atoms with van der Waals surface area (Å²) in [6.45, 7) is 0. The highest BCUT2D eigenvalue weighted by atomic mass is 14.5. The second-order valence-corrected chi connectivity index (χ2v) is 3.33. The highest BCUT2D eigenvalue weighted by molar-refractivity contribution is 5.71. The van der Waals surface area contributed by atoms with E-state index in [2.05, 4.69) is 30.4 Å². The summed E-state index contributed by atoms with van der Waals surface area (Å²) >= 11 is 0. The summed E-state index contributed by atoms with van der Waals surface area (Å²) < 4.78 is 0. The first-order chi connectivity index (χ1) is 6.86. The number of anilines is 1. The molecule has 1 aliphatic carbocycles. The Bertz CT molecular complexity index is 411. The molecule has 0 bridgehead atoms. The summed E-state index contributed by atoms with van der Waals surface area (Å²) in [6.07, 6.45) is 11.4. The molecule has 0 amide bonds. The molecule has 0 aromatic heterocycles. The van der Waals surface area contributed by atoms with Gasteiger partial charge in [0.05, 0.1) is 0 Å². The third-order valence-corrected chi connectivity index (χ3v) is 2.25. The predicted octanol–water partition coefficient (Wildman–Crippen LogP) is 3.17. The van der Waals surface area contributed by atoms with Crippen molar-refractivity contribution in [1.82, 2.24) is 0 Å². The van der Waals surface area contributed by atoms with Gasteiger partial charge in [0.15, 0.2) is 0 Å². The van der Waals surface area contributed by atoms with Gasteiger partial charge in [-0.05, 0) is 29.7 Å². The maximum atomic E-state index is 5.74. The number of nitrogen functional groups attached to an aromatic ring is 1. The zero-order chi connectivity index (χ0) is 9.80. The first-order valence-electron chi connectivity index (χ1n) is 4.74. The van der Waals surface area contributed by atoms with Crippen molar-refractivity contribution in [3.63, 3.8) is 0 Å². The van der Waals surface area contributed by atoms with E-state index in [4.69, 9.17) is 5.73 Å². The van der Waals surface area contributed by atoms with Crippen LogP contribution in [-0.2, 0) is 0 Å². The van der Waals surface area contributed by atoms with Gasteiger partial charge in [-0.2, -0.15) is 0 Å². The third-order valence-electron chi connectivity index (χ3n) is 2.25. The molecule has 0 heterocycles. The number of nitrogens with two attached hydrogens (primary N) is 1. The minimum atomic E-state index is 0.820. The molecule has 0 fully saturated rings. The van der Waals surface area contributed by atoms with Crippen LogP contribution in [0.15, 0.2) is 54.6 Å². The standard InChI is InChI=1S/C13H13N/c14-13-9-5-8-12(10-13)11-6-3-1-2-4-7-11/h1-6,8-10H,7,14H2. The lowest BCUT2D eigenvalue weighted by atomic mass is 10.0. The lowest BCUT2D eigenvalue weighted by molar-refractivity contribution is 1.40. The zero-order valence-electron chi connectivity index (χ0n) is 7.98. The zero-order valence-corrected chi connectivity index (χ0v) is 7.98. The van der Waals surface area contributed by atoms with E-state index in [-0.39, 0.29) is 0 Å². The Hall–Kier alpha value is -1.76. The Balaban J connectivity index is 2.35. The largest absolute Gasteiger partial charge is 0.399 e. The Kier molecular flexibility index (Phi) is 2.50. The minimum Gasteiger partial charge on any atom is -0.399 e. The van der Waals surface area contributed by atoms with Crippen molar-refractivity contribution >= 4 is 11.3 Å². The van der Waals surface area contributed by atoms with Crippen LogP contribution < -0.4 is 5.73 Å². The Morgan fingerprint density at radius 3 is 2.86 bits per heavy atom. The molecule has 0 unspecified atom stereocenters. The van der Waals surface area contributed by atoms with Crippen molar-refractivity contribution < 1.29 is 0 Å². The highest BCUT2D eigenvalue weighted by Gasteiger charge is 1.99. The predicted molar refractivity (Wildman–Crippen MR) is 61.7 cm³/mol. The van der Waals surface area contributed by atoms with Gasteiger partial charge < -0.3 is 5.73 Å². The molecule has 70 valence electrons. The van der Waals surface area contributed by atoms with E-state index in [9.17, 15) is 0 Å². The lowest BCUT2D eigenvalue weighted by Gasteiger charge is -2.04. The van der Waals surface area contributed by atoms with Crippen molar-refractivity contribution in [2.45, 2.75) is 6.42 Å². The topological polar surface area (TPSA) is 26.0 Å². The normalized spacial score (nSPS) is 15.0. The second-order valence-electron chi connectivity index (χ2n) is 3.33. The van der Waals surface area contributed by atoms with Crippen LogP contribution in [0.3, 0.4) is 0 Å². The fraction of sp³-hybridized carbons (Fsp3) is 0.0769. The molecular formula is C13H13N. The molecule has 1 aliphatic rings. The third kappa shape index (κ3) is 1.94. The fourth-order valence-corrected chi connectivity index (χ4v) is 1.53. The molecule has 0 saturated heterocycles. The highest BCUT2D eigenvalue weighted by Crippen LogP contribution is 2.22. The second kappa shape index (κ2) is 3.97. The minimum absolute atomic E-state index is 0.820. The van der Waals surface area contributed by atoms with Crippen LogP contribution >= 0.6 is 0 Å². The van der Waals surface area contributed by atoms with E-state index >= 15 is 0 Å². The van der Waals surface area contributed by atoms with Crippen LogP contribution in [0.5, 0.6) is 0 Å². The van der Waals surface area contributed by atoms with Crippen molar-refractivity contribution in [2.24, 2.45) is 0 Å². The molecule has 0 saturated carbocycles. The quantitative estimate of drug-likeness (QED) is 0.665. The van der Waals surface area contributed by atoms with E-state index in [1.165, 1.54) is 11.1 Å². The van der Waals surface area contributed by atoms with E-state index in [0.29, 0.717) is 0 Å². The molecule has 1 aromatic carbocycles.